The van der Waals surface area contributed by atoms with Gasteiger partial charge in [0.25, 0.3) is 0 Å². The van der Waals surface area contributed by atoms with Gasteiger partial charge in [-0.15, -0.1) is 0 Å². The van der Waals surface area contributed by atoms with E-state index in [9.17, 15) is 9.59 Å². The summed E-state index contributed by atoms with van der Waals surface area (Å²) in [6, 6.07) is -1.14. The maximum Gasteiger partial charge on any atom is 0.326 e. The van der Waals surface area contributed by atoms with E-state index in [0.717, 1.165) is 18.8 Å². The lowest BCUT2D eigenvalue weighted by Crippen LogP contribution is -2.46. The van der Waals surface area contributed by atoms with E-state index >= 15 is 0 Å². The number of carbonyl (C=O) groups is 2. The number of rotatable bonds is 7. The molecule has 0 spiro atoms. The lowest BCUT2D eigenvalue weighted by atomic mass is 9.83. The summed E-state index contributed by atoms with van der Waals surface area (Å²) in [6.45, 7) is 2.53. The molecule has 0 bridgehead atoms. The molecule has 0 saturated heterocycles. The summed E-state index contributed by atoms with van der Waals surface area (Å²) in [5.74, 6) is -0.220. The number of aliphatic carboxylic acids is 1. The third kappa shape index (κ3) is 5.06. The van der Waals surface area contributed by atoms with Crippen LogP contribution in [0, 0.1) is 5.92 Å². The van der Waals surface area contributed by atoms with Crippen LogP contribution in [0.5, 0.6) is 0 Å². The molecule has 2 amide bonds. The minimum Gasteiger partial charge on any atom is -0.480 e. The van der Waals surface area contributed by atoms with Crippen LogP contribution in [0.15, 0.2) is 0 Å². The number of carboxylic acid groups (broad SMARTS) is 1. The average Bonchev–Trinajstić information content (AvgIpc) is 2.21. The molecule has 1 aliphatic carbocycles. The molecule has 1 fully saturated rings. The summed E-state index contributed by atoms with van der Waals surface area (Å²) in [5.41, 5.74) is 0. The minimum absolute atomic E-state index is 0.370. The van der Waals surface area contributed by atoms with Gasteiger partial charge in [0.2, 0.25) is 0 Å². The Bertz CT molecular complexity index is 264. The van der Waals surface area contributed by atoms with E-state index in [1.165, 1.54) is 19.3 Å². The van der Waals surface area contributed by atoms with Gasteiger partial charge in [0, 0.05) is 6.54 Å². The van der Waals surface area contributed by atoms with Crippen LogP contribution < -0.4 is 10.6 Å². The minimum atomic E-state index is -0.971. The highest BCUT2D eigenvalue weighted by molar-refractivity contribution is 5.82. The van der Waals surface area contributed by atoms with Crippen molar-refractivity contribution in [1.82, 2.24) is 10.6 Å². The first-order valence-electron chi connectivity index (χ1n) is 6.40. The molecule has 0 aromatic rings. The first kappa shape index (κ1) is 13.8. The summed E-state index contributed by atoms with van der Waals surface area (Å²) in [5, 5.41) is 14.1. The summed E-state index contributed by atoms with van der Waals surface area (Å²) >= 11 is 0. The molecule has 1 rings (SSSR count). The normalized spacial score (nSPS) is 17.0. The molecule has 98 valence electrons. The fourth-order valence-electron chi connectivity index (χ4n) is 1.93. The van der Waals surface area contributed by atoms with Crippen molar-refractivity contribution in [3.63, 3.8) is 0 Å². The van der Waals surface area contributed by atoms with Gasteiger partial charge in [0.05, 0.1) is 0 Å². The van der Waals surface area contributed by atoms with Crippen molar-refractivity contribution >= 4 is 12.0 Å². The van der Waals surface area contributed by atoms with E-state index in [1.54, 1.807) is 0 Å². The van der Waals surface area contributed by atoms with Crippen molar-refractivity contribution in [1.29, 1.82) is 0 Å². The van der Waals surface area contributed by atoms with Crippen LogP contribution >= 0.6 is 0 Å². The highest BCUT2D eigenvalue weighted by Gasteiger charge is 2.19. The molecule has 5 nitrogen and oxygen atoms in total. The number of hydrogen-bond acceptors (Lipinski definition) is 2. The molecule has 0 radical (unpaired) electrons. The molecular formula is C12H22N2O3. The molecule has 0 heterocycles. The smallest absolute Gasteiger partial charge is 0.326 e. The number of carboxylic acids is 1. The van der Waals surface area contributed by atoms with Gasteiger partial charge in [-0.05, 0) is 18.8 Å². The zero-order chi connectivity index (χ0) is 12.7. The van der Waals surface area contributed by atoms with Gasteiger partial charge in [-0.1, -0.05) is 32.6 Å². The predicted molar refractivity (Wildman–Crippen MR) is 64.8 cm³/mol. The van der Waals surface area contributed by atoms with E-state index < -0.39 is 12.0 Å². The lowest BCUT2D eigenvalue weighted by Gasteiger charge is -2.25. The molecule has 1 aliphatic rings. The standard InChI is InChI=1S/C12H22N2O3/c1-2-4-10(11(15)16)14-12(17)13-8-7-9-5-3-6-9/h9-10H,2-8H2,1H3,(H,15,16)(H2,13,14,17)/t10-/m0/s1. The number of hydrogen-bond donors (Lipinski definition) is 3. The second-order valence-corrected chi connectivity index (χ2v) is 4.67. The highest BCUT2D eigenvalue weighted by atomic mass is 16.4. The Hall–Kier alpha value is -1.26. The van der Waals surface area contributed by atoms with Gasteiger partial charge in [-0.2, -0.15) is 0 Å². The van der Waals surface area contributed by atoms with Gasteiger partial charge in [0.1, 0.15) is 6.04 Å². The van der Waals surface area contributed by atoms with Crippen LogP contribution in [0.4, 0.5) is 4.79 Å². The molecule has 0 aliphatic heterocycles. The Balaban J connectivity index is 2.14. The third-order valence-corrected chi connectivity index (χ3v) is 3.24. The molecular weight excluding hydrogens is 220 g/mol. The lowest BCUT2D eigenvalue weighted by molar-refractivity contribution is -0.139. The van der Waals surface area contributed by atoms with Crippen molar-refractivity contribution in [2.45, 2.75) is 51.5 Å². The fourth-order valence-corrected chi connectivity index (χ4v) is 1.93. The molecule has 1 saturated carbocycles. The molecule has 1 atom stereocenters. The summed E-state index contributed by atoms with van der Waals surface area (Å²) < 4.78 is 0. The number of amides is 2. The number of carbonyl (C=O) groups excluding carboxylic acids is 1. The van der Waals surface area contributed by atoms with E-state index in [1.807, 2.05) is 6.92 Å². The van der Waals surface area contributed by atoms with Gasteiger partial charge < -0.3 is 15.7 Å². The van der Waals surface area contributed by atoms with Crippen molar-refractivity contribution in [2.24, 2.45) is 5.92 Å². The fraction of sp³-hybridized carbons (Fsp3) is 0.833. The van der Waals surface area contributed by atoms with E-state index in [2.05, 4.69) is 10.6 Å². The number of nitrogens with one attached hydrogen (secondary N) is 2. The zero-order valence-electron chi connectivity index (χ0n) is 10.4. The van der Waals surface area contributed by atoms with Crippen LogP contribution in [-0.2, 0) is 4.79 Å². The second kappa shape index (κ2) is 7.14. The summed E-state index contributed by atoms with van der Waals surface area (Å²) in [7, 11) is 0. The van der Waals surface area contributed by atoms with Crippen LogP contribution in [-0.4, -0.2) is 29.7 Å². The maximum atomic E-state index is 11.4. The highest BCUT2D eigenvalue weighted by Crippen LogP contribution is 2.28. The first-order chi connectivity index (χ1) is 8.13. The second-order valence-electron chi connectivity index (χ2n) is 4.67. The Labute approximate surface area is 102 Å². The van der Waals surface area contributed by atoms with Gasteiger partial charge >= 0.3 is 12.0 Å². The molecule has 0 aromatic carbocycles. The average molecular weight is 242 g/mol. The predicted octanol–water partition coefficient (Wildman–Crippen LogP) is 1.73. The van der Waals surface area contributed by atoms with E-state index in [4.69, 9.17) is 5.11 Å². The molecule has 17 heavy (non-hydrogen) atoms. The van der Waals surface area contributed by atoms with Crippen LogP contribution in [0.25, 0.3) is 0 Å². The van der Waals surface area contributed by atoms with Gasteiger partial charge in [0.15, 0.2) is 0 Å². The van der Waals surface area contributed by atoms with Crippen molar-refractivity contribution < 1.29 is 14.7 Å². The number of urea groups is 1. The topological polar surface area (TPSA) is 78.4 Å². The van der Waals surface area contributed by atoms with E-state index in [-0.39, 0.29) is 6.03 Å². The van der Waals surface area contributed by atoms with Crippen LogP contribution in [0.3, 0.4) is 0 Å². The Morgan fingerprint density at radius 2 is 2.12 bits per heavy atom. The summed E-state index contributed by atoms with van der Waals surface area (Å²) in [6.07, 6.45) is 6.02. The Kier molecular flexibility index (Phi) is 5.80. The zero-order valence-corrected chi connectivity index (χ0v) is 10.4. The molecule has 5 heteroatoms. The maximum absolute atomic E-state index is 11.4. The molecule has 0 aromatic heterocycles. The largest absolute Gasteiger partial charge is 0.480 e. The van der Waals surface area contributed by atoms with Gasteiger partial charge in [-0.25, -0.2) is 9.59 Å². The SMILES string of the molecule is CCC[C@H](NC(=O)NCCC1CCC1)C(=O)O. The Morgan fingerprint density at radius 3 is 2.59 bits per heavy atom. The summed E-state index contributed by atoms with van der Waals surface area (Å²) in [4.78, 5) is 22.3. The molecule has 0 unspecified atom stereocenters. The van der Waals surface area contributed by atoms with Crippen molar-refractivity contribution in [3.05, 3.63) is 0 Å². The van der Waals surface area contributed by atoms with E-state index in [0.29, 0.717) is 13.0 Å². The van der Waals surface area contributed by atoms with Crippen LogP contribution in [0.2, 0.25) is 0 Å². The quantitative estimate of drug-likeness (QED) is 0.636. The molecule has 3 N–H and O–H groups in total. The first-order valence-corrected chi connectivity index (χ1v) is 6.40. The third-order valence-electron chi connectivity index (χ3n) is 3.24. The van der Waals surface area contributed by atoms with Gasteiger partial charge in [-0.3, -0.25) is 0 Å². The monoisotopic (exact) mass is 242 g/mol. The van der Waals surface area contributed by atoms with Crippen molar-refractivity contribution in [2.75, 3.05) is 6.54 Å². The Morgan fingerprint density at radius 1 is 1.41 bits per heavy atom. The van der Waals surface area contributed by atoms with Crippen molar-refractivity contribution in [3.8, 4) is 0 Å². The van der Waals surface area contributed by atoms with Crippen LogP contribution in [0.1, 0.15) is 45.4 Å².